The number of hydrogen-bond acceptors (Lipinski definition) is 8. The molecule has 2 saturated heterocycles. The lowest BCUT2D eigenvalue weighted by Crippen LogP contribution is -2.49. The number of likely N-dealkylation sites (N-methyl/N-ethyl adjacent to an activating group) is 1. The average molecular weight is 398 g/mol. The number of aromatic nitrogens is 4. The first-order valence-corrected chi connectivity index (χ1v) is 9.85. The zero-order valence-corrected chi connectivity index (χ0v) is 16.9. The molecule has 154 valence electrons. The van der Waals surface area contributed by atoms with Crippen LogP contribution in [0.2, 0.25) is 0 Å². The fraction of sp³-hybridized carbons (Fsp3) is 0.526. The Hall–Kier alpha value is -3.01. The van der Waals surface area contributed by atoms with E-state index in [4.69, 9.17) is 0 Å². The Labute approximate surface area is 169 Å². The lowest BCUT2D eigenvalue weighted by Gasteiger charge is -2.36. The van der Waals surface area contributed by atoms with E-state index in [9.17, 15) is 9.59 Å². The van der Waals surface area contributed by atoms with Crippen LogP contribution in [0.3, 0.4) is 0 Å². The summed E-state index contributed by atoms with van der Waals surface area (Å²) in [5.74, 6) is 1.69. The van der Waals surface area contributed by atoms with Gasteiger partial charge in [0.25, 0.3) is 11.5 Å². The second-order valence-corrected chi connectivity index (χ2v) is 7.48. The van der Waals surface area contributed by atoms with Crippen molar-refractivity contribution in [2.24, 2.45) is 7.05 Å². The standard InChI is InChI=1S/C19H26N8O2/c1-23-5-7-25(8-6-23)16-13-17(21-14-20-16)26-9-11-27(12-10-26)19(29)15-3-4-18(28)24(2)22-15/h3-4,13-14H,5-12H2,1-2H3. The van der Waals surface area contributed by atoms with Crippen molar-refractivity contribution in [1.29, 1.82) is 0 Å². The Kier molecular flexibility index (Phi) is 5.43. The predicted octanol–water partition coefficient (Wildman–Crippen LogP) is -0.715. The molecule has 0 bridgehead atoms. The van der Waals surface area contributed by atoms with E-state index in [2.05, 4.69) is 36.8 Å². The molecule has 0 saturated carbocycles. The molecule has 0 aliphatic carbocycles. The van der Waals surface area contributed by atoms with Crippen LogP contribution in [-0.4, -0.2) is 94.9 Å². The first-order valence-electron chi connectivity index (χ1n) is 9.85. The van der Waals surface area contributed by atoms with E-state index in [-0.39, 0.29) is 11.5 Å². The average Bonchev–Trinajstić information content (AvgIpc) is 2.76. The summed E-state index contributed by atoms with van der Waals surface area (Å²) in [6, 6.07) is 4.90. The van der Waals surface area contributed by atoms with Crippen molar-refractivity contribution in [3.05, 3.63) is 40.6 Å². The van der Waals surface area contributed by atoms with Crippen molar-refractivity contribution in [2.75, 3.05) is 69.2 Å². The second kappa shape index (κ2) is 8.16. The minimum Gasteiger partial charge on any atom is -0.354 e. The summed E-state index contributed by atoms with van der Waals surface area (Å²) in [5.41, 5.74) is 0.0613. The lowest BCUT2D eigenvalue weighted by atomic mass is 10.2. The fourth-order valence-corrected chi connectivity index (χ4v) is 3.64. The molecule has 2 fully saturated rings. The molecule has 2 aliphatic rings. The number of carbonyl (C=O) groups is 1. The maximum absolute atomic E-state index is 12.7. The predicted molar refractivity (Wildman–Crippen MR) is 109 cm³/mol. The molecular weight excluding hydrogens is 372 g/mol. The normalized spacial score (nSPS) is 18.2. The Bertz CT molecular complexity index is 930. The summed E-state index contributed by atoms with van der Waals surface area (Å²) in [7, 11) is 3.68. The number of rotatable bonds is 3. The SMILES string of the molecule is CN1CCN(c2cc(N3CCN(C(=O)c4ccc(=O)n(C)n4)CC3)ncn2)CC1. The molecule has 4 rings (SSSR count). The van der Waals surface area contributed by atoms with Gasteiger partial charge in [-0.3, -0.25) is 9.59 Å². The molecule has 2 aliphatic heterocycles. The van der Waals surface area contributed by atoms with Gasteiger partial charge in [0, 0.05) is 71.5 Å². The highest BCUT2D eigenvalue weighted by molar-refractivity contribution is 5.92. The van der Waals surface area contributed by atoms with Gasteiger partial charge in [0.05, 0.1) is 0 Å². The summed E-state index contributed by atoms with van der Waals surface area (Å²) in [4.78, 5) is 41.6. The van der Waals surface area contributed by atoms with Crippen molar-refractivity contribution in [3.63, 3.8) is 0 Å². The summed E-state index contributed by atoms with van der Waals surface area (Å²) in [6.07, 6.45) is 1.62. The van der Waals surface area contributed by atoms with E-state index < -0.39 is 0 Å². The highest BCUT2D eigenvalue weighted by Crippen LogP contribution is 2.20. The van der Waals surface area contributed by atoms with E-state index in [1.54, 1.807) is 18.3 Å². The number of carbonyl (C=O) groups excluding carboxylic acids is 1. The first kappa shape index (κ1) is 19.3. The molecule has 0 spiro atoms. The van der Waals surface area contributed by atoms with Crippen molar-refractivity contribution < 1.29 is 4.79 Å². The quantitative estimate of drug-likeness (QED) is 0.670. The van der Waals surface area contributed by atoms with Crippen LogP contribution in [0.5, 0.6) is 0 Å². The molecular formula is C19H26N8O2. The van der Waals surface area contributed by atoms with Crippen LogP contribution in [0.25, 0.3) is 0 Å². The molecule has 0 N–H and O–H groups in total. The molecule has 0 radical (unpaired) electrons. The molecule has 4 heterocycles. The molecule has 0 unspecified atom stereocenters. The Morgan fingerprint density at radius 2 is 1.45 bits per heavy atom. The largest absolute Gasteiger partial charge is 0.354 e. The summed E-state index contributed by atoms with van der Waals surface area (Å²) < 4.78 is 1.18. The minimum atomic E-state index is -0.230. The molecule has 10 heteroatoms. The van der Waals surface area contributed by atoms with Crippen LogP contribution in [0.4, 0.5) is 11.6 Å². The van der Waals surface area contributed by atoms with Gasteiger partial charge in [-0.05, 0) is 13.1 Å². The monoisotopic (exact) mass is 398 g/mol. The molecule has 0 aromatic carbocycles. The van der Waals surface area contributed by atoms with Crippen molar-refractivity contribution in [1.82, 2.24) is 29.5 Å². The number of aryl methyl sites for hydroxylation is 1. The van der Waals surface area contributed by atoms with Gasteiger partial charge >= 0.3 is 0 Å². The van der Waals surface area contributed by atoms with Gasteiger partial charge in [0.1, 0.15) is 23.7 Å². The maximum atomic E-state index is 12.7. The van der Waals surface area contributed by atoms with Crippen LogP contribution < -0.4 is 15.4 Å². The van der Waals surface area contributed by atoms with Crippen molar-refractivity contribution >= 4 is 17.5 Å². The van der Waals surface area contributed by atoms with E-state index in [1.807, 2.05) is 6.07 Å². The number of anilines is 2. The Morgan fingerprint density at radius 1 is 0.862 bits per heavy atom. The highest BCUT2D eigenvalue weighted by atomic mass is 16.2. The zero-order chi connectivity index (χ0) is 20.4. The van der Waals surface area contributed by atoms with Crippen LogP contribution in [0.1, 0.15) is 10.5 Å². The van der Waals surface area contributed by atoms with Gasteiger partial charge in [0.15, 0.2) is 0 Å². The van der Waals surface area contributed by atoms with E-state index in [1.165, 1.54) is 16.8 Å². The van der Waals surface area contributed by atoms with E-state index in [0.717, 1.165) is 37.8 Å². The smallest absolute Gasteiger partial charge is 0.274 e. The molecule has 1 amide bonds. The topological polar surface area (TPSA) is 90.7 Å². The van der Waals surface area contributed by atoms with Crippen molar-refractivity contribution in [3.8, 4) is 0 Å². The van der Waals surface area contributed by atoms with Crippen LogP contribution in [-0.2, 0) is 7.05 Å². The van der Waals surface area contributed by atoms with Gasteiger partial charge in [-0.15, -0.1) is 0 Å². The van der Waals surface area contributed by atoms with Crippen LogP contribution in [0, 0.1) is 0 Å². The van der Waals surface area contributed by atoms with Crippen molar-refractivity contribution in [2.45, 2.75) is 0 Å². The fourth-order valence-electron chi connectivity index (χ4n) is 3.64. The summed E-state index contributed by atoms with van der Waals surface area (Å²) in [5, 5.41) is 4.06. The summed E-state index contributed by atoms with van der Waals surface area (Å²) >= 11 is 0. The lowest BCUT2D eigenvalue weighted by molar-refractivity contribution is 0.0738. The molecule has 2 aromatic rings. The highest BCUT2D eigenvalue weighted by Gasteiger charge is 2.25. The third-order valence-corrected chi connectivity index (χ3v) is 5.54. The number of hydrogen-bond donors (Lipinski definition) is 0. The number of piperazine rings is 2. The number of nitrogens with zero attached hydrogens (tertiary/aromatic N) is 8. The van der Waals surface area contributed by atoms with Gasteiger partial charge in [0.2, 0.25) is 0 Å². The van der Waals surface area contributed by atoms with E-state index in [0.29, 0.717) is 31.9 Å². The van der Waals surface area contributed by atoms with Crippen LogP contribution >= 0.6 is 0 Å². The van der Waals surface area contributed by atoms with Gasteiger partial charge in [-0.2, -0.15) is 5.10 Å². The van der Waals surface area contributed by atoms with E-state index >= 15 is 0 Å². The Morgan fingerprint density at radius 3 is 2.03 bits per heavy atom. The minimum absolute atomic E-state index is 0.152. The molecule has 2 aromatic heterocycles. The third-order valence-electron chi connectivity index (χ3n) is 5.54. The first-order chi connectivity index (χ1) is 14.0. The molecule has 10 nitrogen and oxygen atoms in total. The van der Waals surface area contributed by atoms with Gasteiger partial charge < -0.3 is 19.6 Å². The Balaban J connectivity index is 1.39. The third kappa shape index (κ3) is 4.21. The zero-order valence-electron chi connectivity index (χ0n) is 16.9. The van der Waals surface area contributed by atoms with Gasteiger partial charge in [-0.25, -0.2) is 14.6 Å². The van der Waals surface area contributed by atoms with Crippen LogP contribution in [0.15, 0.2) is 29.3 Å². The number of amides is 1. The maximum Gasteiger partial charge on any atom is 0.274 e. The molecule has 0 atom stereocenters. The molecule has 29 heavy (non-hydrogen) atoms. The second-order valence-electron chi connectivity index (χ2n) is 7.48. The van der Waals surface area contributed by atoms with Gasteiger partial charge in [-0.1, -0.05) is 0 Å². The summed E-state index contributed by atoms with van der Waals surface area (Å²) in [6.45, 7) is 6.52.